The lowest BCUT2D eigenvalue weighted by atomic mass is 10.2. The molecule has 1 amide bonds. The molecule has 0 saturated carbocycles. The Labute approximate surface area is 110 Å². The number of carboxylic acids is 1. The number of carbonyl (C=O) groups excluding carboxylic acids is 1. The first-order valence-corrected chi connectivity index (χ1v) is 5.62. The Bertz CT molecular complexity index is 595. The third kappa shape index (κ3) is 2.57. The second-order valence-electron chi connectivity index (χ2n) is 3.33. The van der Waals surface area contributed by atoms with Crippen molar-refractivity contribution in [3.63, 3.8) is 0 Å². The number of halogens is 1. The van der Waals surface area contributed by atoms with E-state index in [2.05, 4.69) is 30.9 Å². The summed E-state index contributed by atoms with van der Waals surface area (Å²) >= 11 is 3.21. The van der Waals surface area contributed by atoms with Gasteiger partial charge in [0.2, 0.25) is 0 Å². The third-order valence-electron chi connectivity index (χ3n) is 2.13. The lowest BCUT2D eigenvalue weighted by Crippen LogP contribution is -2.15. The Balaban J connectivity index is 2.31. The summed E-state index contributed by atoms with van der Waals surface area (Å²) in [5, 5.41) is 14.9. The number of anilines is 1. The van der Waals surface area contributed by atoms with E-state index < -0.39 is 11.9 Å². The second kappa shape index (κ2) is 5.01. The molecule has 6 nitrogen and oxygen atoms in total. The number of rotatable bonds is 3. The maximum absolute atomic E-state index is 11.7. The normalized spacial score (nSPS) is 10.1. The van der Waals surface area contributed by atoms with Crippen molar-refractivity contribution in [1.29, 1.82) is 0 Å². The Morgan fingerprint density at radius 2 is 2.11 bits per heavy atom. The van der Waals surface area contributed by atoms with E-state index in [1.807, 2.05) is 0 Å². The van der Waals surface area contributed by atoms with Gasteiger partial charge in [-0.2, -0.15) is 0 Å². The van der Waals surface area contributed by atoms with Gasteiger partial charge in [-0.3, -0.25) is 4.79 Å². The van der Waals surface area contributed by atoms with E-state index in [1.54, 1.807) is 6.07 Å². The maximum atomic E-state index is 11.7. The monoisotopic (exact) mass is 310 g/mol. The highest BCUT2D eigenvalue weighted by Crippen LogP contribution is 2.22. The van der Waals surface area contributed by atoms with Gasteiger partial charge in [0.25, 0.3) is 5.91 Å². The van der Waals surface area contributed by atoms with Crippen LogP contribution in [0, 0.1) is 0 Å². The fourth-order valence-electron chi connectivity index (χ4n) is 1.32. The molecule has 0 aliphatic carbocycles. The molecule has 0 fully saturated rings. The second-order valence-corrected chi connectivity index (χ2v) is 4.25. The first kappa shape index (κ1) is 12.3. The number of aromatic nitrogens is 1. The molecule has 1 aromatic heterocycles. The van der Waals surface area contributed by atoms with Gasteiger partial charge in [0.05, 0.1) is 11.3 Å². The molecule has 2 rings (SSSR count). The first-order valence-electron chi connectivity index (χ1n) is 4.82. The zero-order chi connectivity index (χ0) is 13.1. The van der Waals surface area contributed by atoms with E-state index in [1.165, 1.54) is 24.5 Å². The van der Waals surface area contributed by atoms with E-state index in [0.717, 1.165) is 0 Å². The smallest absolute Gasteiger partial charge is 0.337 e. The molecule has 0 spiro atoms. The number of nitrogens with one attached hydrogen (secondary N) is 1. The summed E-state index contributed by atoms with van der Waals surface area (Å²) in [7, 11) is 0. The van der Waals surface area contributed by atoms with Gasteiger partial charge in [0.1, 0.15) is 6.26 Å². The zero-order valence-electron chi connectivity index (χ0n) is 8.88. The van der Waals surface area contributed by atoms with Gasteiger partial charge in [-0.15, -0.1) is 0 Å². The van der Waals surface area contributed by atoms with Crippen molar-refractivity contribution < 1.29 is 19.2 Å². The molecule has 0 aliphatic rings. The van der Waals surface area contributed by atoms with E-state index in [4.69, 9.17) is 5.11 Å². The number of benzene rings is 1. The first-order chi connectivity index (χ1) is 8.58. The minimum atomic E-state index is -1.13. The Morgan fingerprint density at radius 1 is 1.33 bits per heavy atom. The van der Waals surface area contributed by atoms with Crippen LogP contribution in [-0.2, 0) is 0 Å². The summed E-state index contributed by atoms with van der Waals surface area (Å²) in [4.78, 5) is 22.7. The highest BCUT2D eigenvalue weighted by Gasteiger charge is 2.15. The maximum Gasteiger partial charge on any atom is 0.337 e. The van der Waals surface area contributed by atoms with Crippen LogP contribution in [0.25, 0.3) is 0 Å². The van der Waals surface area contributed by atoms with Crippen molar-refractivity contribution in [2.45, 2.75) is 0 Å². The van der Waals surface area contributed by atoms with E-state index in [0.29, 0.717) is 4.47 Å². The minimum absolute atomic E-state index is 0.00459. The molecule has 92 valence electrons. The third-order valence-corrected chi connectivity index (χ3v) is 2.62. The summed E-state index contributed by atoms with van der Waals surface area (Å²) in [6.45, 7) is 0. The quantitative estimate of drug-likeness (QED) is 0.908. The van der Waals surface area contributed by atoms with E-state index in [-0.39, 0.29) is 16.9 Å². The molecule has 0 saturated heterocycles. The number of carboxylic acid groups (broad SMARTS) is 1. The van der Waals surface area contributed by atoms with Crippen LogP contribution in [0.3, 0.4) is 0 Å². The zero-order valence-corrected chi connectivity index (χ0v) is 10.5. The number of aromatic carboxylic acids is 1. The number of carbonyl (C=O) groups is 2. The van der Waals surface area contributed by atoms with Crippen LogP contribution in [0.5, 0.6) is 0 Å². The molecule has 2 aromatic rings. The van der Waals surface area contributed by atoms with Crippen molar-refractivity contribution in [2.24, 2.45) is 0 Å². The molecule has 0 unspecified atom stereocenters. The van der Waals surface area contributed by atoms with Crippen molar-refractivity contribution in [3.8, 4) is 0 Å². The molecule has 2 N–H and O–H groups in total. The average Bonchev–Trinajstić information content (AvgIpc) is 2.81. The van der Waals surface area contributed by atoms with Gasteiger partial charge in [-0.05, 0) is 18.2 Å². The van der Waals surface area contributed by atoms with Crippen molar-refractivity contribution in [3.05, 3.63) is 46.3 Å². The lowest BCUT2D eigenvalue weighted by molar-refractivity contribution is 0.0698. The Kier molecular flexibility index (Phi) is 3.42. The molecule has 0 radical (unpaired) electrons. The van der Waals surface area contributed by atoms with Crippen LogP contribution in [0.4, 0.5) is 5.69 Å². The Hall–Kier alpha value is -2.15. The van der Waals surface area contributed by atoms with Crippen LogP contribution in [0.1, 0.15) is 20.8 Å². The summed E-state index contributed by atoms with van der Waals surface area (Å²) in [5.74, 6) is -1.66. The molecular formula is C11H7BrN2O4. The van der Waals surface area contributed by atoms with Gasteiger partial charge < -0.3 is 14.9 Å². The summed E-state index contributed by atoms with van der Waals surface area (Å²) in [5.41, 5.74) is 0.256. The fraction of sp³-hybridized carbons (Fsp3) is 0. The molecular weight excluding hydrogens is 304 g/mol. The van der Waals surface area contributed by atoms with Gasteiger partial charge >= 0.3 is 5.97 Å². The molecule has 7 heteroatoms. The van der Waals surface area contributed by atoms with Crippen LogP contribution in [0.2, 0.25) is 0 Å². The van der Waals surface area contributed by atoms with E-state index >= 15 is 0 Å². The predicted molar refractivity (Wildman–Crippen MR) is 65.6 cm³/mol. The van der Waals surface area contributed by atoms with E-state index in [9.17, 15) is 9.59 Å². The van der Waals surface area contributed by atoms with Gasteiger partial charge in [0, 0.05) is 10.5 Å². The van der Waals surface area contributed by atoms with Crippen LogP contribution in [-0.4, -0.2) is 22.1 Å². The Morgan fingerprint density at radius 3 is 2.72 bits per heavy atom. The van der Waals surface area contributed by atoms with Crippen molar-refractivity contribution >= 4 is 33.5 Å². The van der Waals surface area contributed by atoms with Crippen molar-refractivity contribution in [1.82, 2.24) is 5.16 Å². The minimum Gasteiger partial charge on any atom is -0.478 e. The van der Waals surface area contributed by atoms with Gasteiger partial charge in [0.15, 0.2) is 5.69 Å². The molecule has 1 heterocycles. The summed E-state index contributed by atoms with van der Waals surface area (Å²) < 4.78 is 5.19. The van der Waals surface area contributed by atoms with Gasteiger partial charge in [-0.25, -0.2) is 4.79 Å². The molecule has 1 aromatic carbocycles. The average molecular weight is 311 g/mol. The largest absolute Gasteiger partial charge is 0.478 e. The summed E-state index contributed by atoms with van der Waals surface area (Å²) in [6, 6.07) is 5.86. The standard InChI is InChI=1S/C11H7BrN2O4/c12-6-1-2-7(11(16)17)9(5-6)13-10(15)8-3-4-18-14-8/h1-5H,(H,13,15)(H,16,17). The highest BCUT2D eigenvalue weighted by molar-refractivity contribution is 9.10. The highest BCUT2D eigenvalue weighted by atomic mass is 79.9. The predicted octanol–water partition coefficient (Wildman–Crippen LogP) is 2.39. The van der Waals surface area contributed by atoms with Crippen molar-refractivity contribution in [2.75, 3.05) is 5.32 Å². The number of hydrogen-bond donors (Lipinski definition) is 2. The van der Waals surface area contributed by atoms with Crippen LogP contribution >= 0.6 is 15.9 Å². The molecule has 0 aliphatic heterocycles. The SMILES string of the molecule is O=C(Nc1cc(Br)ccc1C(=O)O)c1ccon1. The molecule has 0 atom stereocenters. The topological polar surface area (TPSA) is 92.4 Å². The number of hydrogen-bond acceptors (Lipinski definition) is 4. The van der Waals surface area contributed by atoms with Gasteiger partial charge in [-0.1, -0.05) is 21.1 Å². The molecule has 0 bridgehead atoms. The van der Waals surface area contributed by atoms with Crippen LogP contribution < -0.4 is 5.32 Å². The lowest BCUT2D eigenvalue weighted by Gasteiger charge is -2.07. The number of amides is 1. The fourth-order valence-corrected chi connectivity index (χ4v) is 1.68. The van der Waals surface area contributed by atoms with Crippen LogP contribution in [0.15, 0.2) is 39.5 Å². The number of nitrogens with zero attached hydrogens (tertiary/aromatic N) is 1. The molecule has 18 heavy (non-hydrogen) atoms. The summed E-state index contributed by atoms with van der Waals surface area (Å²) in [6.07, 6.45) is 1.26.